The Hall–Kier alpha value is -0.130. The van der Waals surface area contributed by atoms with Gasteiger partial charge in [-0.1, -0.05) is 26.7 Å². The van der Waals surface area contributed by atoms with Crippen LogP contribution in [-0.4, -0.2) is 27.4 Å². The van der Waals surface area contributed by atoms with Crippen LogP contribution >= 0.6 is 0 Å². The molecule has 2 N–H and O–H groups in total. The maximum atomic E-state index is 11.3. The molecular weight excluding hydrogens is 226 g/mol. The number of hydrogen-bond donors (Lipinski definition) is 1. The Labute approximate surface area is 99.6 Å². The second-order valence-electron chi connectivity index (χ2n) is 4.44. The average Bonchev–Trinajstić information content (AvgIpc) is 2.13. The monoisotopic (exact) mass is 251 g/mol. The molecule has 0 aliphatic heterocycles. The van der Waals surface area contributed by atoms with Crippen LogP contribution < -0.4 is 5.14 Å². The van der Waals surface area contributed by atoms with E-state index in [4.69, 9.17) is 9.88 Å². The Kier molecular flexibility index (Phi) is 7.19. The van der Waals surface area contributed by atoms with E-state index in [0.29, 0.717) is 13.2 Å². The fourth-order valence-electron chi connectivity index (χ4n) is 2.26. The summed E-state index contributed by atoms with van der Waals surface area (Å²) in [5, 5.41) is 5.17. The smallest absolute Gasteiger partial charge is 0.209 e. The molecule has 5 heteroatoms. The second-order valence-corrected chi connectivity index (χ2v) is 6.06. The summed E-state index contributed by atoms with van der Waals surface area (Å²) in [6.07, 6.45) is 3.58. The predicted octanol–water partition coefficient (Wildman–Crippen LogP) is 1.90. The minimum Gasteiger partial charge on any atom is -0.381 e. The lowest BCUT2D eigenvalue weighted by Gasteiger charge is -2.32. The zero-order valence-electron chi connectivity index (χ0n) is 10.7. The van der Waals surface area contributed by atoms with Gasteiger partial charge < -0.3 is 4.74 Å². The van der Waals surface area contributed by atoms with Crippen LogP contribution in [0.1, 0.15) is 46.5 Å². The Morgan fingerprint density at radius 1 is 1.12 bits per heavy atom. The third kappa shape index (κ3) is 6.45. The fourth-order valence-corrected chi connectivity index (χ4v) is 3.49. The largest absolute Gasteiger partial charge is 0.381 e. The highest BCUT2D eigenvalue weighted by Crippen LogP contribution is 2.31. The molecule has 0 unspecified atom stereocenters. The number of hydrogen-bond acceptors (Lipinski definition) is 3. The van der Waals surface area contributed by atoms with E-state index in [1.807, 2.05) is 6.92 Å². The van der Waals surface area contributed by atoms with Gasteiger partial charge in [0.15, 0.2) is 0 Å². The molecule has 0 aromatic rings. The van der Waals surface area contributed by atoms with Crippen molar-refractivity contribution in [1.82, 2.24) is 0 Å². The van der Waals surface area contributed by atoms with Gasteiger partial charge in [-0.25, -0.2) is 13.6 Å². The summed E-state index contributed by atoms with van der Waals surface area (Å²) in [5.74, 6) is 0.0294. The van der Waals surface area contributed by atoms with Crippen molar-refractivity contribution in [2.24, 2.45) is 10.6 Å². The quantitative estimate of drug-likeness (QED) is 0.680. The van der Waals surface area contributed by atoms with Crippen LogP contribution in [0.5, 0.6) is 0 Å². The van der Waals surface area contributed by atoms with Crippen molar-refractivity contribution in [2.75, 3.05) is 19.0 Å². The first kappa shape index (κ1) is 15.9. The highest BCUT2D eigenvalue weighted by atomic mass is 32.2. The number of rotatable bonds is 9. The SMILES string of the molecule is CCCC(CCC)(COCC)CS(N)(=O)=O. The molecule has 0 aromatic heterocycles. The number of ether oxygens (including phenoxy) is 1. The molecule has 0 radical (unpaired) electrons. The van der Waals surface area contributed by atoms with E-state index >= 15 is 0 Å². The summed E-state index contributed by atoms with van der Waals surface area (Å²) in [5.41, 5.74) is -0.299. The van der Waals surface area contributed by atoms with Gasteiger partial charge in [0.05, 0.1) is 12.4 Å². The molecule has 0 amide bonds. The standard InChI is InChI=1S/C11H25NO3S/c1-4-7-11(8-5-2,9-15-6-3)10-16(12,13)14/h4-10H2,1-3H3,(H2,12,13,14). The maximum absolute atomic E-state index is 11.3. The van der Waals surface area contributed by atoms with Crippen LogP contribution in [0.25, 0.3) is 0 Å². The second kappa shape index (κ2) is 7.25. The van der Waals surface area contributed by atoms with Gasteiger partial charge in [-0.3, -0.25) is 0 Å². The first-order valence-corrected chi connectivity index (χ1v) is 7.69. The van der Waals surface area contributed by atoms with Crippen molar-refractivity contribution >= 4 is 10.0 Å². The van der Waals surface area contributed by atoms with E-state index in [9.17, 15) is 8.42 Å². The van der Waals surface area contributed by atoms with E-state index in [1.54, 1.807) is 0 Å². The molecule has 0 aromatic carbocycles. The summed E-state index contributed by atoms with van der Waals surface area (Å²) in [7, 11) is -3.44. The van der Waals surface area contributed by atoms with Crippen LogP contribution in [-0.2, 0) is 14.8 Å². The van der Waals surface area contributed by atoms with Crippen LogP contribution in [0, 0.1) is 5.41 Å². The Bertz CT molecular complexity index is 269. The van der Waals surface area contributed by atoms with E-state index < -0.39 is 10.0 Å². The molecule has 0 aliphatic carbocycles. The fraction of sp³-hybridized carbons (Fsp3) is 1.00. The molecule has 0 saturated carbocycles. The molecule has 0 spiro atoms. The maximum Gasteiger partial charge on any atom is 0.209 e. The molecule has 0 aliphatic rings. The lowest BCUT2D eigenvalue weighted by atomic mass is 9.82. The third-order valence-corrected chi connectivity index (χ3v) is 3.70. The summed E-state index contributed by atoms with van der Waals surface area (Å²) in [4.78, 5) is 0. The molecular formula is C11H25NO3S. The Morgan fingerprint density at radius 3 is 1.94 bits per heavy atom. The van der Waals surface area contributed by atoms with E-state index in [1.165, 1.54) is 0 Å². The van der Waals surface area contributed by atoms with Gasteiger partial charge in [0.2, 0.25) is 10.0 Å². The summed E-state index contributed by atoms with van der Waals surface area (Å²) >= 11 is 0. The average molecular weight is 251 g/mol. The molecule has 0 rings (SSSR count). The first-order chi connectivity index (χ1) is 7.39. The van der Waals surface area contributed by atoms with Crippen LogP contribution in [0.15, 0.2) is 0 Å². The van der Waals surface area contributed by atoms with Crippen LogP contribution in [0.2, 0.25) is 0 Å². The summed E-state index contributed by atoms with van der Waals surface area (Å²) in [6.45, 7) is 7.12. The first-order valence-electron chi connectivity index (χ1n) is 5.97. The van der Waals surface area contributed by atoms with Crippen molar-refractivity contribution in [2.45, 2.75) is 46.5 Å². The van der Waals surface area contributed by atoms with Crippen molar-refractivity contribution < 1.29 is 13.2 Å². The zero-order valence-corrected chi connectivity index (χ0v) is 11.5. The molecule has 0 heterocycles. The molecule has 98 valence electrons. The van der Waals surface area contributed by atoms with Gasteiger partial charge in [0, 0.05) is 12.0 Å². The molecule has 4 nitrogen and oxygen atoms in total. The topological polar surface area (TPSA) is 69.4 Å². The van der Waals surface area contributed by atoms with Gasteiger partial charge in [0.25, 0.3) is 0 Å². The van der Waals surface area contributed by atoms with E-state index in [2.05, 4.69) is 13.8 Å². The Balaban J connectivity index is 4.76. The molecule has 0 fully saturated rings. The minimum absolute atomic E-state index is 0.0294. The lowest BCUT2D eigenvalue weighted by Crippen LogP contribution is -2.37. The number of sulfonamides is 1. The van der Waals surface area contributed by atoms with E-state index in [0.717, 1.165) is 25.7 Å². The third-order valence-electron chi connectivity index (χ3n) is 2.68. The number of nitrogens with two attached hydrogens (primary N) is 1. The van der Waals surface area contributed by atoms with Gasteiger partial charge in [-0.05, 0) is 19.8 Å². The number of primary sulfonamides is 1. The molecule has 16 heavy (non-hydrogen) atoms. The highest BCUT2D eigenvalue weighted by molar-refractivity contribution is 7.89. The van der Waals surface area contributed by atoms with Gasteiger partial charge in [-0.15, -0.1) is 0 Å². The van der Waals surface area contributed by atoms with Gasteiger partial charge >= 0.3 is 0 Å². The van der Waals surface area contributed by atoms with E-state index in [-0.39, 0.29) is 11.2 Å². The van der Waals surface area contributed by atoms with Crippen LogP contribution in [0.4, 0.5) is 0 Å². The van der Waals surface area contributed by atoms with Crippen molar-refractivity contribution in [3.63, 3.8) is 0 Å². The molecule has 0 bridgehead atoms. The van der Waals surface area contributed by atoms with Crippen molar-refractivity contribution in [3.8, 4) is 0 Å². The molecule has 0 saturated heterocycles. The molecule has 0 atom stereocenters. The highest BCUT2D eigenvalue weighted by Gasteiger charge is 2.32. The van der Waals surface area contributed by atoms with Crippen LogP contribution in [0.3, 0.4) is 0 Å². The van der Waals surface area contributed by atoms with Crippen molar-refractivity contribution in [1.29, 1.82) is 0 Å². The zero-order chi connectivity index (χ0) is 12.7. The lowest BCUT2D eigenvalue weighted by molar-refractivity contribution is 0.0511. The predicted molar refractivity (Wildman–Crippen MR) is 66.7 cm³/mol. The van der Waals surface area contributed by atoms with Crippen molar-refractivity contribution in [3.05, 3.63) is 0 Å². The van der Waals surface area contributed by atoms with Gasteiger partial charge in [0.1, 0.15) is 0 Å². The minimum atomic E-state index is -3.44. The summed E-state index contributed by atoms with van der Waals surface area (Å²) in [6, 6.07) is 0. The van der Waals surface area contributed by atoms with Gasteiger partial charge in [-0.2, -0.15) is 0 Å². The Morgan fingerprint density at radius 2 is 1.62 bits per heavy atom. The summed E-state index contributed by atoms with van der Waals surface area (Å²) < 4.78 is 28.0. The normalized spacial score (nSPS) is 13.0.